The highest BCUT2D eigenvalue weighted by Gasteiger charge is 1.93. The molecule has 0 aliphatic carbocycles. The van der Waals surface area contributed by atoms with Gasteiger partial charge in [0.05, 0.1) is 12.7 Å². The van der Waals surface area contributed by atoms with Crippen molar-refractivity contribution in [2.24, 2.45) is 0 Å². The van der Waals surface area contributed by atoms with E-state index >= 15 is 0 Å². The Bertz CT molecular complexity index is 302. The molecule has 0 amide bonds. The molecule has 5 nitrogen and oxygen atoms in total. The Morgan fingerprint density at radius 1 is 1.47 bits per heavy atom. The Morgan fingerprint density at radius 3 is 2.47 bits per heavy atom. The monoisotopic (exact) mass is 239 g/mol. The summed E-state index contributed by atoms with van der Waals surface area (Å²) in [7, 11) is 0. The topological polar surface area (TPSA) is 87.4 Å². The van der Waals surface area contributed by atoms with Crippen LogP contribution in [0.3, 0.4) is 0 Å². The van der Waals surface area contributed by atoms with Gasteiger partial charge in [0.15, 0.2) is 0 Å². The zero-order valence-corrected chi connectivity index (χ0v) is 9.89. The van der Waals surface area contributed by atoms with Crippen molar-refractivity contribution in [2.45, 2.75) is 26.2 Å². The summed E-state index contributed by atoms with van der Waals surface area (Å²) in [5.41, 5.74) is 0. The van der Waals surface area contributed by atoms with Crippen molar-refractivity contribution < 1.29 is 19.4 Å². The Balaban J connectivity index is 0. The summed E-state index contributed by atoms with van der Waals surface area (Å²) >= 11 is 0. The van der Waals surface area contributed by atoms with Gasteiger partial charge in [-0.1, -0.05) is 12.7 Å². The van der Waals surface area contributed by atoms with Crippen LogP contribution in [0.25, 0.3) is 0 Å². The molecular weight excluding hydrogens is 222 g/mol. The standard InChI is InChI=1S/C8H11NO2.C4H6O2/c1-2-8(10)11-7-5-3-4-6-9;1-2-3-4(5)6/h2H,1,3-5,7H2;2-3H,1H3,(H,5,6). The molecule has 0 atom stereocenters. The molecule has 94 valence electrons. The quantitative estimate of drug-likeness (QED) is 0.435. The molecule has 0 spiro atoms. The molecule has 0 fully saturated rings. The smallest absolute Gasteiger partial charge is 0.330 e. The number of rotatable bonds is 6. The van der Waals surface area contributed by atoms with Crippen molar-refractivity contribution in [3.63, 3.8) is 0 Å². The predicted octanol–water partition coefficient (Wildman–Crippen LogP) is 2.06. The predicted molar refractivity (Wildman–Crippen MR) is 63.1 cm³/mol. The number of nitriles is 1. The molecule has 17 heavy (non-hydrogen) atoms. The highest BCUT2D eigenvalue weighted by atomic mass is 16.5. The van der Waals surface area contributed by atoms with Crippen molar-refractivity contribution in [1.82, 2.24) is 0 Å². The third-order valence-electron chi connectivity index (χ3n) is 1.40. The SMILES string of the molecule is C=CC(=O)OCCCCC#N.CC=CC(=O)O. The van der Waals surface area contributed by atoms with Gasteiger partial charge in [-0.25, -0.2) is 9.59 Å². The van der Waals surface area contributed by atoms with Crippen molar-refractivity contribution in [2.75, 3.05) is 6.61 Å². The van der Waals surface area contributed by atoms with Crippen LogP contribution in [0.15, 0.2) is 24.8 Å². The number of carboxylic acid groups (broad SMARTS) is 1. The van der Waals surface area contributed by atoms with Gasteiger partial charge in [0.25, 0.3) is 0 Å². The van der Waals surface area contributed by atoms with Crippen LogP contribution in [0.5, 0.6) is 0 Å². The van der Waals surface area contributed by atoms with E-state index in [-0.39, 0.29) is 0 Å². The number of hydrogen-bond donors (Lipinski definition) is 1. The molecule has 0 aromatic rings. The Labute approximate surface area is 101 Å². The first-order valence-electron chi connectivity index (χ1n) is 5.10. The van der Waals surface area contributed by atoms with E-state index in [1.54, 1.807) is 6.92 Å². The molecule has 0 heterocycles. The van der Waals surface area contributed by atoms with Crippen molar-refractivity contribution >= 4 is 11.9 Å². The van der Waals surface area contributed by atoms with E-state index in [1.165, 1.54) is 6.08 Å². The number of esters is 1. The number of hydrogen-bond acceptors (Lipinski definition) is 4. The zero-order chi connectivity index (χ0) is 13.5. The maximum absolute atomic E-state index is 10.4. The van der Waals surface area contributed by atoms with Crippen LogP contribution in [-0.2, 0) is 14.3 Å². The summed E-state index contributed by atoms with van der Waals surface area (Å²) in [6.45, 7) is 5.29. The fourth-order valence-corrected chi connectivity index (χ4v) is 0.680. The largest absolute Gasteiger partial charge is 0.478 e. The molecule has 0 aliphatic heterocycles. The third kappa shape index (κ3) is 20.1. The molecule has 1 N–H and O–H groups in total. The zero-order valence-electron chi connectivity index (χ0n) is 9.89. The lowest BCUT2D eigenvalue weighted by molar-refractivity contribution is -0.137. The van der Waals surface area contributed by atoms with Crippen LogP contribution < -0.4 is 0 Å². The summed E-state index contributed by atoms with van der Waals surface area (Å²) in [6.07, 6.45) is 5.73. The molecule has 0 aromatic heterocycles. The minimum absolute atomic E-state index is 0.381. The number of carbonyl (C=O) groups is 2. The van der Waals surface area contributed by atoms with Gasteiger partial charge in [-0.3, -0.25) is 0 Å². The number of nitrogens with zero attached hydrogens (tertiary/aromatic N) is 1. The van der Waals surface area contributed by atoms with Crippen LogP contribution in [-0.4, -0.2) is 23.7 Å². The van der Waals surface area contributed by atoms with Gasteiger partial charge in [-0.05, 0) is 19.8 Å². The maximum Gasteiger partial charge on any atom is 0.330 e. The van der Waals surface area contributed by atoms with Crippen LogP contribution >= 0.6 is 0 Å². The van der Waals surface area contributed by atoms with Gasteiger partial charge < -0.3 is 9.84 Å². The van der Waals surface area contributed by atoms with E-state index < -0.39 is 11.9 Å². The van der Waals surface area contributed by atoms with E-state index in [0.29, 0.717) is 13.0 Å². The molecule has 0 saturated heterocycles. The lowest BCUT2D eigenvalue weighted by atomic mass is 10.3. The lowest BCUT2D eigenvalue weighted by Crippen LogP contribution is -2.01. The Hall–Kier alpha value is -2.09. The maximum atomic E-state index is 10.4. The third-order valence-corrected chi connectivity index (χ3v) is 1.40. The number of unbranched alkanes of at least 4 members (excludes halogenated alkanes) is 2. The first-order valence-corrected chi connectivity index (χ1v) is 5.10. The molecule has 0 bridgehead atoms. The highest BCUT2D eigenvalue weighted by molar-refractivity contribution is 5.81. The summed E-state index contributed by atoms with van der Waals surface area (Å²) in [5, 5.41) is 16.0. The summed E-state index contributed by atoms with van der Waals surface area (Å²) in [4.78, 5) is 20.0. The van der Waals surface area contributed by atoms with Crippen LogP contribution in [0.4, 0.5) is 0 Å². The molecule has 0 aliphatic rings. The first-order chi connectivity index (χ1) is 8.08. The highest BCUT2D eigenvalue weighted by Crippen LogP contribution is 1.94. The summed E-state index contributed by atoms with van der Waals surface area (Å²) in [5.74, 6) is -1.29. The normalized spacial score (nSPS) is 8.71. The minimum atomic E-state index is -0.891. The molecule has 0 radical (unpaired) electrons. The van der Waals surface area contributed by atoms with Crippen molar-refractivity contribution in [3.8, 4) is 6.07 Å². The van der Waals surface area contributed by atoms with E-state index in [9.17, 15) is 9.59 Å². The second kappa shape index (κ2) is 13.9. The van der Waals surface area contributed by atoms with Gasteiger partial charge in [-0.15, -0.1) is 0 Å². The van der Waals surface area contributed by atoms with Crippen molar-refractivity contribution in [1.29, 1.82) is 5.26 Å². The lowest BCUT2D eigenvalue weighted by Gasteiger charge is -1.98. The van der Waals surface area contributed by atoms with Gasteiger partial charge in [0.1, 0.15) is 0 Å². The van der Waals surface area contributed by atoms with E-state index in [4.69, 9.17) is 10.4 Å². The summed E-state index contributed by atoms with van der Waals surface area (Å²) in [6, 6.07) is 2.01. The fourth-order valence-electron chi connectivity index (χ4n) is 0.680. The van der Waals surface area contributed by atoms with Crippen molar-refractivity contribution in [3.05, 3.63) is 24.8 Å². The fraction of sp³-hybridized carbons (Fsp3) is 0.417. The van der Waals surface area contributed by atoms with Crippen LogP contribution in [0.1, 0.15) is 26.2 Å². The van der Waals surface area contributed by atoms with E-state index in [1.807, 2.05) is 6.07 Å². The number of carbonyl (C=O) groups excluding carboxylic acids is 1. The average Bonchev–Trinajstić information content (AvgIpc) is 2.29. The number of ether oxygens (including phenoxy) is 1. The molecule has 0 aromatic carbocycles. The molecule has 0 unspecified atom stereocenters. The number of allylic oxidation sites excluding steroid dienone is 1. The van der Waals surface area contributed by atoms with E-state index in [2.05, 4.69) is 11.3 Å². The second-order valence-electron chi connectivity index (χ2n) is 2.83. The van der Waals surface area contributed by atoms with Crippen LogP contribution in [0, 0.1) is 11.3 Å². The molecule has 0 saturated carbocycles. The van der Waals surface area contributed by atoms with Gasteiger partial charge in [-0.2, -0.15) is 5.26 Å². The van der Waals surface area contributed by atoms with Gasteiger partial charge >= 0.3 is 11.9 Å². The first kappa shape index (κ1) is 17.3. The van der Waals surface area contributed by atoms with Gasteiger partial charge in [0, 0.05) is 18.6 Å². The van der Waals surface area contributed by atoms with E-state index in [0.717, 1.165) is 25.0 Å². The molecule has 0 rings (SSSR count). The Kier molecular flexibility index (Phi) is 14.2. The Morgan fingerprint density at radius 2 is 2.12 bits per heavy atom. The summed E-state index contributed by atoms with van der Waals surface area (Å²) < 4.78 is 4.67. The number of aliphatic carboxylic acids is 1. The second-order valence-corrected chi connectivity index (χ2v) is 2.83. The average molecular weight is 239 g/mol. The van der Waals surface area contributed by atoms with Crippen LogP contribution in [0.2, 0.25) is 0 Å². The van der Waals surface area contributed by atoms with Gasteiger partial charge in [0.2, 0.25) is 0 Å². The molecule has 5 heteroatoms. The molecular formula is C12H17NO4. The number of carboxylic acids is 1. The minimum Gasteiger partial charge on any atom is -0.478 e.